The van der Waals surface area contributed by atoms with E-state index >= 15 is 0 Å². The van der Waals surface area contributed by atoms with E-state index in [0.29, 0.717) is 12.5 Å². The Balaban J connectivity index is 1.41. The number of hydrogen-bond donors (Lipinski definition) is 1. The standard InChI is InChI=1S/C15H14N4S2/c1-2-4-11(5-3-1)14-17-12(9-20-14)8-16-15-18-13(19-21-15)10-6-7-10/h1-5,9-10H,6-8H2,(H,16,18,19). The van der Waals surface area contributed by atoms with Crippen molar-refractivity contribution >= 4 is 28.0 Å². The van der Waals surface area contributed by atoms with E-state index in [0.717, 1.165) is 21.7 Å². The normalized spacial score (nSPS) is 14.3. The average Bonchev–Trinajstić information content (AvgIpc) is 3.09. The molecule has 0 saturated heterocycles. The van der Waals surface area contributed by atoms with Crippen LogP contribution in [0.15, 0.2) is 35.7 Å². The Morgan fingerprint density at radius 3 is 2.81 bits per heavy atom. The third kappa shape index (κ3) is 2.96. The number of rotatable bonds is 5. The van der Waals surface area contributed by atoms with Crippen molar-refractivity contribution in [3.63, 3.8) is 0 Å². The number of aromatic nitrogens is 3. The van der Waals surface area contributed by atoms with E-state index in [2.05, 4.69) is 37.2 Å². The van der Waals surface area contributed by atoms with Gasteiger partial charge in [-0.3, -0.25) is 0 Å². The van der Waals surface area contributed by atoms with Crippen LogP contribution in [0.4, 0.5) is 5.13 Å². The van der Waals surface area contributed by atoms with Crippen LogP contribution in [0.25, 0.3) is 10.6 Å². The van der Waals surface area contributed by atoms with Gasteiger partial charge < -0.3 is 5.32 Å². The first-order valence-corrected chi connectivity index (χ1v) is 8.61. The molecule has 1 aliphatic rings. The van der Waals surface area contributed by atoms with Crippen LogP contribution in [0.2, 0.25) is 0 Å². The van der Waals surface area contributed by atoms with Crippen molar-refractivity contribution in [2.75, 3.05) is 5.32 Å². The van der Waals surface area contributed by atoms with Crippen LogP contribution in [-0.4, -0.2) is 14.3 Å². The van der Waals surface area contributed by atoms with Crippen molar-refractivity contribution in [2.24, 2.45) is 0 Å². The Bertz CT molecular complexity index is 731. The molecule has 4 nitrogen and oxygen atoms in total. The van der Waals surface area contributed by atoms with Gasteiger partial charge in [0.25, 0.3) is 0 Å². The molecule has 1 fully saturated rings. The maximum Gasteiger partial charge on any atom is 0.202 e. The summed E-state index contributed by atoms with van der Waals surface area (Å²) < 4.78 is 4.39. The third-order valence-electron chi connectivity index (χ3n) is 3.38. The Morgan fingerprint density at radius 2 is 2.00 bits per heavy atom. The van der Waals surface area contributed by atoms with Crippen molar-refractivity contribution in [1.29, 1.82) is 0 Å². The number of anilines is 1. The molecule has 1 N–H and O–H groups in total. The highest BCUT2D eigenvalue weighted by atomic mass is 32.1. The summed E-state index contributed by atoms with van der Waals surface area (Å²) >= 11 is 3.12. The number of thiazole rings is 1. The lowest BCUT2D eigenvalue weighted by Gasteiger charge is -1.98. The molecule has 0 atom stereocenters. The molecular weight excluding hydrogens is 300 g/mol. The summed E-state index contributed by atoms with van der Waals surface area (Å²) in [5.41, 5.74) is 2.21. The topological polar surface area (TPSA) is 50.7 Å². The minimum absolute atomic E-state index is 0.612. The van der Waals surface area contributed by atoms with Gasteiger partial charge in [-0.15, -0.1) is 11.3 Å². The van der Waals surface area contributed by atoms with E-state index in [-0.39, 0.29) is 0 Å². The minimum atomic E-state index is 0.612. The predicted molar refractivity (Wildman–Crippen MR) is 86.8 cm³/mol. The Kier molecular flexibility index (Phi) is 3.40. The molecule has 2 aromatic heterocycles. The van der Waals surface area contributed by atoms with E-state index < -0.39 is 0 Å². The zero-order chi connectivity index (χ0) is 14.1. The van der Waals surface area contributed by atoms with Gasteiger partial charge in [0.05, 0.1) is 12.2 Å². The smallest absolute Gasteiger partial charge is 0.202 e. The fraction of sp³-hybridized carbons (Fsp3) is 0.267. The molecule has 0 bridgehead atoms. The molecule has 106 valence electrons. The number of nitrogens with one attached hydrogen (secondary N) is 1. The highest BCUT2D eigenvalue weighted by Crippen LogP contribution is 2.39. The highest BCUT2D eigenvalue weighted by Gasteiger charge is 2.27. The van der Waals surface area contributed by atoms with Crippen LogP contribution in [0.1, 0.15) is 30.3 Å². The summed E-state index contributed by atoms with van der Waals surface area (Å²) in [6.45, 7) is 0.697. The molecule has 6 heteroatoms. The number of benzene rings is 1. The Morgan fingerprint density at radius 1 is 1.14 bits per heavy atom. The van der Waals surface area contributed by atoms with Gasteiger partial charge in [-0.05, 0) is 12.8 Å². The van der Waals surface area contributed by atoms with Crippen LogP contribution in [0.5, 0.6) is 0 Å². The SMILES string of the molecule is c1ccc(-c2nc(CNc3nc(C4CC4)ns3)cs2)cc1. The second-order valence-corrected chi connectivity index (χ2v) is 6.71. The van der Waals surface area contributed by atoms with Crippen LogP contribution < -0.4 is 5.32 Å². The van der Waals surface area contributed by atoms with Gasteiger partial charge in [0, 0.05) is 28.4 Å². The van der Waals surface area contributed by atoms with Crippen LogP contribution in [-0.2, 0) is 6.54 Å². The van der Waals surface area contributed by atoms with Crippen molar-refractivity contribution in [1.82, 2.24) is 14.3 Å². The van der Waals surface area contributed by atoms with Crippen molar-refractivity contribution in [2.45, 2.75) is 25.3 Å². The van der Waals surface area contributed by atoms with E-state index in [1.165, 1.54) is 29.9 Å². The monoisotopic (exact) mass is 314 g/mol. The zero-order valence-electron chi connectivity index (χ0n) is 11.3. The molecule has 1 aromatic carbocycles. The van der Waals surface area contributed by atoms with Crippen LogP contribution in [0.3, 0.4) is 0 Å². The molecule has 0 spiro atoms. The van der Waals surface area contributed by atoms with E-state index in [1.807, 2.05) is 18.2 Å². The molecule has 1 saturated carbocycles. The lowest BCUT2D eigenvalue weighted by molar-refractivity contribution is 0.976. The molecule has 0 radical (unpaired) electrons. The molecule has 0 aliphatic heterocycles. The molecule has 0 unspecified atom stereocenters. The summed E-state index contributed by atoms with van der Waals surface area (Å²) in [5, 5.41) is 7.37. The molecule has 3 aromatic rings. The largest absolute Gasteiger partial charge is 0.355 e. The summed E-state index contributed by atoms with van der Waals surface area (Å²) in [5.74, 6) is 1.62. The summed E-state index contributed by atoms with van der Waals surface area (Å²) in [7, 11) is 0. The first-order chi connectivity index (χ1) is 10.4. The maximum atomic E-state index is 4.66. The van der Waals surface area contributed by atoms with E-state index in [1.54, 1.807) is 11.3 Å². The van der Waals surface area contributed by atoms with Gasteiger partial charge in [0.1, 0.15) is 10.8 Å². The number of nitrogens with zero attached hydrogens (tertiary/aromatic N) is 3. The lowest BCUT2D eigenvalue weighted by atomic mass is 10.2. The van der Waals surface area contributed by atoms with E-state index in [9.17, 15) is 0 Å². The zero-order valence-corrected chi connectivity index (χ0v) is 13.0. The van der Waals surface area contributed by atoms with Gasteiger partial charge >= 0.3 is 0 Å². The van der Waals surface area contributed by atoms with Crippen LogP contribution >= 0.6 is 22.9 Å². The summed E-state index contributed by atoms with van der Waals surface area (Å²) in [4.78, 5) is 9.19. The predicted octanol–water partition coefficient (Wildman–Crippen LogP) is 4.15. The summed E-state index contributed by atoms with van der Waals surface area (Å²) in [6.07, 6.45) is 2.48. The second-order valence-electron chi connectivity index (χ2n) is 5.10. The van der Waals surface area contributed by atoms with Gasteiger partial charge in [0.2, 0.25) is 5.13 Å². The first kappa shape index (κ1) is 12.9. The number of hydrogen-bond acceptors (Lipinski definition) is 6. The van der Waals surface area contributed by atoms with Crippen LogP contribution in [0, 0.1) is 0 Å². The Labute approximate surface area is 131 Å². The molecule has 2 heterocycles. The fourth-order valence-electron chi connectivity index (χ4n) is 2.08. The molecule has 1 aliphatic carbocycles. The second kappa shape index (κ2) is 5.54. The van der Waals surface area contributed by atoms with Crippen molar-refractivity contribution in [3.05, 3.63) is 47.2 Å². The molecule has 0 amide bonds. The van der Waals surface area contributed by atoms with Crippen molar-refractivity contribution in [3.8, 4) is 10.6 Å². The van der Waals surface area contributed by atoms with Gasteiger partial charge in [0.15, 0.2) is 0 Å². The maximum absolute atomic E-state index is 4.66. The van der Waals surface area contributed by atoms with Gasteiger partial charge in [-0.2, -0.15) is 4.37 Å². The Hall–Kier alpha value is -1.79. The minimum Gasteiger partial charge on any atom is -0.355 e. The summed E-state index contributed by atoms with van der Waals surface area (Å²) in [6, 6.07) is 10.3. The molecular formula is C15H14N4S2. The average molecular weight is 314 g/mol. The molecule has 4 rings (SSSR count). The van der Waals surface area contributed by atoms with Crippen molar-refractivity contribution < 1.29 is 0 Å². The highest BCUT2D eigenvalue weighted by molar-refractivity contribution is 7.13. The fourth-order valence-corrected chi connectivity index (χ4v) is 3.55. The molecule has 21 heavy (non-hydrogen) atoms. The van der Waals surface area contributed by atoms with E-state index in [4.69, 9.17) is 0 Å². The third-order valence-corrected chi connectivity index (χ3v) is 5.00. The lowest BCUT2D eigenvalue weighted by Crippen LogP contribution is -1.99. The quantitative estimate of drug-likeness (QED) is 0.768. The van der Waals surface area contributed by atoms with Gasteiger partial charge in [-0.25, -0.2) is 9.97 Å². The first-order valence-electron chi connectivity index (χ1n) is 6.96. The van der Waals surface area contributed by atoms with Gasteiger partial charge in [-0.1, -0.05) is 30.3 Å².